The molecule has 1 aliphatic rings. The predicted molar refractivity (Wildman–Crippen MR) is 85.5 cm³/mol. The summed E-state index contributed by atoms with van der Waals surface area (Å²) in [5, 5.41) is 3.64. The Morgan fingerprint density at radius 3 is 2.52 bits per heavy atom. The molecule has 1 aromatic carbocycles. The first-order chi connectivity index (χ1) is 10.2. The smallest absolute Gasteiger partial charge is 0.237 e. The summed E-state index contributed by atoms with van der Waals surface area (Å²) in [5.74, 6) is 1.40. The van der Waals surface area contributed by atoms with Crippen LogP contribution in [0, 0.1) is 5.92 Å². The summed E-state index contributed by atoms with van der Waals surface area (Å²) in [6.07, 6.45) is 4.47. The number of hydrogen-bond donors (Lipinski definition) is 1. The first-order valence-electron chi connectivity index (χ1n) is 7.67. The van der Waals surface area contributed by atoms with Crippen molar-refractivity contribution >= 4 is 5.69 Å². The summed E-state index contributed by atoms with van der Waals surface area (Å²) in [5.41, 5.74) is 2.31. The van der Waals surface area contributed by atoms with Crippen molar-refractivity contribution in [2.24, 2.45) is 5.92 Å². The van der Waals surface area contributed by atoms with Crippen LogP contribution >= 0.6 is 0 Å². The zero-order valence-electron chi connectivity index (χ0n) is 12.6. The van der Waals surface area contributed by atoms with Crippen LogP contribution in [0.2, 0.25) is 0 Å². The molecular weight excluding hydrogens is 260 g/mol. The van der Waals surface area contributed by atoms with Gasteiger partial charge in [-0.2, -0.15) is 0 Å². The minimum Gasteiger partial charge on any atom is -0.473 e. The van der Waals surface area contributed by atoms with E-state index in [2.05, 4.69) is 40.6 Å². The van der Waals surface area contributed by atoms with Gasteiger partial charge in [0.2, 0.25) is 5.88 Å². The van der Waals surface area contributed by atoms with Crippen LogP contribution < -0.4 is 10.1 Å². The van der Waals surface area contributed by atoms with Gasteiger partial charge in [0.1, 0.15) is 0 Å². The second kappa shape index (κ2) is 6.17. The van der Waals surface area contributed by atoms with E-state index in [-0.39, 0.29) is 6.10 Å². The van der Waals surface area contributed by atoms with Crippen LogP contribution in [0.4, 0.5) is 5.69 Å². The number of nitrogens with zero attached hydrogens (tertiary/aromatic N) is 1. The average molecular weight is 282 g/mol. The van der Waals surface area contributed by atoms with Crippen molar-refractivity contribution in [3.05, 3.63) is 54.2 Å². The molecule has 21 heavy (non-hydrogen) atoms. The Balaban J connectivity index is 1.84. The molecule has 1 heterocycles. The van der Waals surface area contributed by atoms with Crippen LogP contribution in [0.5, 0.6) is 5.88 Å². The van der Waals surface area contributed by atoms with Gasteiger partial charge in [0.25, 0.3) is 0 Å². The Bertz CT molecular complexity index is 579. The van der Waals surface area contributed by atoms with E-state index in [1.54, 1.807) is 6.20 Å². The molecular formula is C18H22N2O. The molecule has 1 fully saturated rings. The lowest BCUT2D eigenvalue weighted by Gasteiger charge is -2.22. The van der Waals surface area contributed by atoms with Gasteiger partial charge in [-0.1, -0.05) is 30.3 Å². The van der Waals surface area contributed by atoms with Gasteiger partial charge in [0, 0.05) is 6.20 Å². The highest BCUT2D eigenvalue weighted by Crippen LogP contribution is 2.43. The molecule has 3 rings (SSSR count). The summed E-state index contributed by atoms with van der Waals surface area (Å²) >= 11 is 0. The maximum Gasteiger partial charge on any atom is 0.237 e. The van der Waals surface area contributed by atoms with E-state index in [0.29, 0.717) is 17.8 Å². The fourth-order valence-electron chi connectivity index (χ4n) is 2.55. The van der Waals surface area contributed by atoms with Gasteiger partial charge in [-0.25, -0.2) is 4.98 Å². The van der Waals surface area contributed by atoms with Crippen molar-refractivity contribution in [1.82, 2.24) is 4.98 Å². The summed E-state index contributed by atoms with van der Waals surface area (Å²) in [6, 6.07) is 15.0. The molecule has 1 atom stereocenters. The molecule has 0 saturated heterocycles. The number of nitrogens with one attached hydrogen (secondary N) is 1. The molecule has 0 radical (unpaired) electrons. The Kier molecular flexibility index (Phi) is 4.09. The van der Waals surface area contributed by atoms with Gasteiger partial charge in [-0.05, 0) is 50.3 Å². The van der Waals surface area contributed by atoms with Crippen molar-refractivity contribution in [2.45, 2.75) is 38.8 Å². The third kappa shape index (κ3) is 3.54. The SMILES string of the molecule is CC(C)Oc1ncccc1NC(c1ccccc1)C1CC1. The predicted octanol–water partition coefficient (Wildman–Crippen LogP) is 4.43. The molecule has 110 valence electrons. The number of ether oxygens (including phenoxy) is 1. The fourth-order valence-corrected chi connectivity index (χ4v) is 2.55. The van der Waals surface area contributed by atoms with Gasteiger partial charge in [0.05, 0.1) is 17.8 Å². The van der Waals surface area contributed by atoms with Crippen LogP contribution in [-0.2, 0) is 0 Å². The van der Waals surface area contributed by atoms with Crippen molar-refractivity contribution < 1.29 is 4.74 Å². The maximum absolute atomic E-state index is 5.81. The largest absolute Gasteiger partial charge is 0.473 e. The van der Waals surface area contributed by atoms with E-state index < -0.39 is 0 Å². The summed E-state index contributed by atoms with van der Waals surface area (Å²) in [4.78, 5) is 4.36. The molecule has 1 N–H and O–H groups in total. The third-order valence-corrected chi connectivity index (χ3v) is 3.68. The molecule has 0 spiro atoms. The minimum absolute atomic E-state index is 0.122. The maximum atomic E-state index is 5.81. The Morgan fingerprint density at radius 2 is 1.86 bits per heavy atom. The van der Waals surface area contributed by atoms with E-state index in [0.717, 1.165) is 5.69 Å². The molecule has 2 aromatic rings. The molecule has 1 aliphatic carbocycles. The van der Waals surface area contributed by atoms with E-state index in [4.69, 9.17) is 4.74 Å². The first kappa shape index (κ1) is 13.9. The fraction of sp³-hybridized carbons (Fsp3) is 0.389. The Labute approximate surface area is 126 Å². The van der Waals surface area contributed by atoms with Crippen LogP contribution in [0.25, 0.3) is 0 Å². The van der Waals surface area contributed by atoms with Gasteiger partial charge < -0.3 is 10.1 Å². The van der Waals surface area contributed by atoms with E-state index in [1.165, 1.54) is 18.4 Å². The normalized spacial score (nSPS) is 15.8. The monoisotopic (exact) mass is 282 g/mol. The van der Waals surface area contributed by atoms with E-state index in [9.17, 15) is 0 Å². The van der Waals surface area contributed by atoms with Gasteiger partial charge in [-0.3, -0.25) is 0 Å². The highest BCUT2D eigenvalue weighted by molar-refractivity contribution is 5.54. The second-order valence-corrected chi connectivity index (χ2v) is 5.89. The number of rotatable bonds is 6. The minimum atomic E-state index is 0.122. The zero-order valence-corrected chi connectivity index (χ0v) is 12.6. The van der Waals surface area contributed by atoms with Crippen molar-refractivity contribution in [3.8, 4) is 5.88 Å². The number of aromatic nitrogens is 1. The van der Waals surface area contributed by atoms with E-state index >= 15 is 0 Å². The standard InChI is InChI=1S/C18H22N2O/c1-13(2)21-18-16(9-6-12-19-18)20-17(15-10-11-15)14-7-4-3-5-8-14/h3-9,12-13,15,17,20H,10-11H2,1-2H3. The number of pyridine rings is 1. The average Bonchev–Trinajstić information content (AvgIpc) is 3.31. The first-order valence-corrected chi connectivity index (χ1v) is 7.67. The summed E-state index contributed by atoms with van der Waals surface area (Å²) < 4.78 is 5.81. The second-order valence-electron chi connectivity index (χ2n) is 5.89. The van der Waals surface area contributed by atoms with Crippen molar-refractivity contribution in [1.29, 1.82) is 0 Å². The van der Waals surface area contributed by atoms with Crippen LogP contribution in [0.3, 0.4) is 0 Å². The lowest BCUT2D eigenvalue weighted by atomic mass is 10.0. The highest BCUT2D eigenvalue weighted by Gasteiger charge is 2.32. The number of anilines is 1. The van der Waals surface area contributed by atoms with Gasteiger partial charge in [-0.15, -0.1) is 0 Å². The Morgan fingerprint density at radius 1 is 1.10 bits per heavy atom. The topological polar surface area (TPSA) is 34.1 Å². The number of benzene rings is 1. The van der Waals surface area contributed by atoms with Crippen LogP contribution in [-0.4, -0.2) is 11.1 Å². The Hall–Kier alpha value is -2.03. The van der Waals surface area contributed by atoms with Gasteiger partial charge in [0.15, 0.2) is 0 Å². The third-order valence-electron chi connectivity index (χ3n) is 3.68. The highest BCUT2D eigenvalue weighted by atomic mass is 16.5. The van der Waals surface area contributed by atoms with Crippen LogP contribution in [0.15, 0.2) is 48.7 Å². The van der Waals surface area contributed by atoms with Crippen molar-refractivity contribution in [3.63, 3.8) is 0 Å². The summed E-state index contributed by atoms with van der Waals surface area (Å²) in [7, 11) is 0. The number of hydrogen-bond acceptors (Lipinski definition) is 3. The lowest BCUT2D eigenvalue weighted by molar-refractivity contribution is 0.234. The molecule has 3 nitrogen and oxygen atoms in total. The van der Waals surface area contributed by atoms with Crippen LogP contribution in [0.1, 0.15) is 38.3 Å². The molecule has 1 unspecified atom stereocenters. The molecule has 0 aliphatic heterocycles. The molecule has 1 saturated carbocycles. The molecule has 1 aromatic heterocycles. The van der Waals surface area contributed by atoms with Gasteiger partial charge >= 0.3 is 0 Å². The van der Waals surface area contributed by atoms with E-state index in [1.807, 2.05) is 26.0 Å². The lowest BCUT2D eigenvalue weighted by Crippen LogP contribution is -2.15. The van der Waals surface area contributed by atoms with Crippen molar-refractivity contribution in [2.75, 3.05) is 5.32 Å². The molecule has 3 heteroatoms. The zero-order chi connectivity index (χ0) is 14.7. The molecule has 0 amide bonds. The quantitative estimate of drug-likeness (QED) is 0.851. The molecule has 0 bridgehead atoms. The summed E-state index contributed by atoms with van der Waals surface area (Å²) in [6.45, 7) is 4.04.